The van der Waals surface area contributed by atoms with Crippen molar-refractivity contribution >= 4 is 21.6 Å². The number of benzene rings is 1. The van der Waals surface area contributed by atoms with Crippen LogP contribution in [0.2, 0.25) is 0 Å². The Morgan fingerprint density at radius 2 is 2.11 bits per heavy atom. The molecule has 0 amide bonds. The van der Waals surface area contributed by atoms with Gasteiger partial charge in [0.15, 0.2) is 0 Å². The molecule has 1 aromatic rings. The Morgan fingerprint density at radius 1 is 1.37 bits per heavy atom. The SMILES string of the molecule is CNCC1CN(C)C(C)CN1c1ccc(Br)cc1C. The molecule has 1 N–H and O–H groups in total. The zero-order chi connectivity index (χ0) is 14.0. The highest BCUT2D eigenvalue weighted by atomic mass is 79.9. The van der Waals surface area contributed by atoms with Gasteiger partial charge >= 0.3 is 0 Å². The van der Waals surface area contributed by atoms with Crippen LogP contribution in [0.15, 0.2) is 22.7 Å². The molecule has 0 radical (unpaired) electrons. The molecule has 1 aliphatic heterocycles. The van der Waals surface area contributed by atoms with Gasteiger partial charge in [-0.2, -0.15) is 0 Å². The Labute approximate surface area is 125 Å². The Bertz CT molecular complexity index is 435. The summed E-state index contributed by atoms with van der Waals surface area (Å²) < 4.78 is 1.15. The van der Waals surface area contributed by atoms with Gasteiger partial charge in [0.05, 0.1) is 6.04 Å². The number of nitrogens with zero attached hydrogens (tertiary/aromatic N) is 2. The molecule has 2 atom stereocenters. The standard InChI is InChI=1S/C15H24BrN3/c1-11-7-13(16)5-6-15(11)19-9-12(2)18(4)10-14(19)8-17-3/h5-7,12,14,17H,8-10H2,1-4H3. The fourth-order valence-electron chi connectivity index (χ4n) is 2.83. The first kappa shape index (κ1) is 14.8. The zero-order valence-corrected chi connectivity index (χ0v) is 13.9. The third kappa shape index (κ3) is 3.30. The summed E-state index contributed by atoms with van der Waals surface area (Å²) in [5.74, 6) is 0. The van der Waals surface area contributed by atoms with Gasteiger partial charge < -0.3 is 10.2 Å². The van der Waals surface area contributed by atoms with Crippen molar-refractivity contribution in [1.29, 1.82) is 0 Å². The van der Waals surface area contributed by atoms with E-state index in [9.17, 15) is 0 Å². The molecule has 0 spiro atoms. The van der Waals surface area contributed by atoms with Gasteiger partial charge in [0, 0.05) is 35.8 Å². The summed E-state index contributed by atoms with van der Waals surface area (Å²) in [4.78, 5) is 5.01. The molecule has 2 unspecified atom stereocenters. The number of piperazine rings is 1. The summed E-state index contributed by atoms with van der Waals surface area (Å²) in [5.41, 5.74) is 2.70. The maximum absolute atomic E-state index is 3.55. The van der Waals surface area contributed by atoms with Crippen LogP contribution in [0, 0.1) is 6.92 Å². The lowest BCUT2D eigenvalue weighted by Gasteiger charge is -2.45. The van der Waals surface area contributed by atoms with E-state index in [-0.39, 0.29) is 0 Å². The van der Waals surface area contributed by atoms with Gasteiger partial charge in [0.25, 0.3) is 0 Å². The van der Waals surface area contributed by atoms with Crippen LogP contribution in [0.3, 0.4) is 0 Å². The minimum Gasteiger partial charge on any atom is -0.364 e. The number of hydrogen-bond donors (Lipinski definition) is 1. The normalized spacial score (nSPS) is 24.8. The van der Waals surface area contributed by atoms with Gasteiger partial charge in [-0.3, -0.25) is 4.90 Å². The van der Waals surface area contributed by atoms with Crippen molar-refractivity contribution in [1.82, 2.24) is 10.2 Å². The molecular weight excluding hydrogens is 302 g/mol. The maximum atomic E-state index is 3.55. The molecular formula is C15H24BrN3. The second-order valence-electron chi connectivity index (χ2n) is 5.58. The largest absolute Gasteiger partial charge is 0.364 e. The highest BCUT2D eigenvalue weighted by molar-refractivity contribution is 9.10. The number of likely N-dealkylation sites (N-methyl/N-ethyl adjacent to an activating group) is 2. The predicted molar refractivity (Wildman–Crippen MR) is 86.0 cm³/mol. The average Bonchev–Trinajstić information content (AvgIpc) is 2.34. The third-order valence-electron chi connectivity index (χ3n) is 4.06. The zero-order valence-electron chi connectivity index (χ0n) is 12.3. The average molecular weight is 326 g/mol. The second kappa shape index (κ2) is 6.25. The van der Waals surface area contributed by atoms with Gasteiger partial charge in [-0.1, -0.05) is 15.9 Å². The lowest BCUT2D eigenvalue weighted by molar-refractivity contribution is 0.198. The summed E-state index contributed by atoms with van der Waals surface area (Å²) in [5, 5.41) is 3.33. The van der Waals surface area contributed by atoms with E-state index in [0.29, 0.717) is 12.1 Å². The minimum atomic E-state index is 0.533. The highest BCUT2D eigenvalue weighted by Gasteiger charge is 2.29. The van der Waals surface area contributed by atoms with Crippen molar-refractivity contribution in [3.05, 3.63) is 28.2 Å². The molecule has 106 valence electrons. The number of nitrogens with one attached hydrogen (secondary N) is 1. The lowest BCUT2D eigenvalue weighted by Crippen LogP contribution is -2.59. The quantitative estimate of drug-likeness (QED) is 0.921. The summed E-state index contributed by atoms with van der Waals surface area (Å²) >= 11 is 3.55. The van der Waals surface area contributed by atoms with E-state index in [1.807, 2.05) is 7.05 Å². The summed E-state index contributed by atoms with van der Waals surface area (Å²) in [6, 6.07) is 7.71. The summed E-state index contributed by atoms with van der Waals surface area (Å²) in [6.07, 6.45) is 0. The van der Waals surface area contributed by atoms with Gasteiger partial charge in [-0.05, 0) is 51.7 Å². The minimum absolute atomic E-state index is 0.533. The van der Waals surface area contributed by atoms with Crippen LogP contribution < -0.4 is 10.2 Å². The second-order valence-corrected chi connectivity index (χ2v) is 6.50. The van der Waals surface area contributed by atoms with Crippen molar-refractivity contribution < 1.29 is 0 Å². The molecule has 4 heteroatoms. The fourth-order valence-corrected chi connectivity index (χ4v) is 3.31. The van der Waals surface area contributed by atoms with Gasteiger partial charge in [0.2, 0.25) is 0 Å². The Kier molecular flexibility index (Phi) is 4.87. The third-order valence-corrected chi connectivity index (χ3v) is 4.55. The Hall–Kier alpha value is -0.580. The van der Waals surface area contributed by atoms with Crippen molar-refractivity contribution in [3.63, 3.8) is 0 Å². The molecule has 3 nitrogen and oxygen atoms in total. The van der Waals surface area contributed by atoms with Crippen LogP contribution in [0.4, 0.5) is 5.69 Å². The molecule has 1 saturated heterocycles. The van der Waals surface area contributed by atoms with Crippen LogP contribution in [0.5, 0.6) is 0 Å². The maximum Gasteiger partial charge on any atom is 0.0542 e. The first-order valence-corrected chi connectivity index (χ1v) is 7.70. The van der Waals surface area contributed by atoms with Crippen molar-refractivity contribution in [2.75, 3.05) is 38.6 Å². The predicted octanol–water partition coefficient (Wildman–Crippen LogP) is 2.49. The molecule has 1 heterocycles. The van der Waals surface area contributed by atoms with Crippen molar-refractivity contribution in [3.8, 4) is 0 Å². The molecule has 1 aliphatic rings. The van der Waals surface area contributed by atoms with E-state index in [2.05, 4.69) is 70.1 Å². The Morgan fingerprint density at radius 3 is 2.74 bits per heavy atom. The van der Waals surface area contributed by atoms with E-state index in [1.54, 1.807) is 0 Å². The van der Waals surface area contributed by atoms with E-state index in [1.165, 1.54) is 11.3 Å². The number of rotatable bonds is 3. The van der Waals surface area contributed by atoms with E-state index < -0.39 is 0 Å². The monoisotopic (exact) mass is 325 g/mol. The molecule has 0 bridgehead atoms. The van der Waals surface area contributed by atoms with Crippen LogP contribution in [-0.2, 0) is 0 Å². The van der Waals surface area contributed by atoms with Crippen molar-refractivity contribution in [2.24, 2.45) is 0 Å². The molecule has 2 rings (SSSR count). The topological polar surface area (TPSA) is 18.5 Å². The first-order valence-electron chi connectivity index (χ1n) is 6.90. The van der Waals surface area contributed by atoms with Gasteiger partial charge in [0.1, 0.15) is 0 Å². The number of halogens is 1. The smallest absolute Gasteiger partial charge is 0.0542 e. The molecule has 0 saturated carbocycles. The first-order chi connectivity index (χ1) is 9.02. The van der Waals surface area contributed by atoms with Crippen LogP contribution in [0.25, 0.3) is 0 Å². The van der Waals surface area contributed by atoms with Crippen LogP contribution in [0.1, 0.15) is 12.5 Å². The molecule has 0 aromatic heterocycles. The molecule has 1 fully saturated rings. The van der Waals surface area contributed by atoms with E-state index >= 15 is 0 Å². The summed E-state index contributed by atoms with van der Waals surface area (Å²) in [7, 11) is 4.25. The molecule has 1 aromatic carbocycles. The van der Waals surface area contributed by atoms with E-state index in [0.717, 1.165) is 24.1 Å². The summed E-state index contributed by atoms with van der Waals surface area (Å²) in [6.45, 7) is 7.71. The Balaban J connectivity index is 2.28. The molecule has 0 aliphatic carbocycles. The van der Waals surface area contributed by atoms with Gasteiger partial charge in [-0.25, -0.2) is 0 Å². The van der Waals surface area contributed by atoms with Crippen molar-refractivity contribution in [2.45, 2.75) is 25.9 Å². The fraction of sp³-hybridized carbons (Fsp3) is 0.600. The number of anilines is 1. The van der Waals surface area contributed by atoms with Gasteiger partial charge in [-0.15, -0.1) is 0 Å². The van der Waals surface area contributed by atoms with Crippen LogP contribution in [-0.4, -0.2) is 50.7 Å². The van der Waals surface area contributed by atoms with E-state index in [4.69, 9.17) is 0 Å². The highest BCUT2D eigenvalue weighted by Crippen LogP contribution is 2.28. The molecule has 19 heavy (non-hydrogen) atoms. The lowest BCUT2D eigenvalue weighted by atomic mass is 10.0. The van der Waals surface area contributed by atoms with Crippen LogP contribution >= 0.6 is 15.9 Å². The number of hydrogen-bond acceptors (Lipinski definition) is 3. The number of aryl methyl sites for hydroxylation is 1.